The maximum Gasteiger partial charge on any atom is 0.253 e. The number of aromatic nitrogens is 2. The molecule has 3 N–H and O–H groups in total. The SMILES string of the molecule is N/C(=C\[N+](=O)[O-])Cc1ccc(Cl)nc1.O=[N+]([O-])/C=C(/Cc1ccc(Cl)nc1)NCc1ccccc1. The van der Waals surface area contributed by atoms with Gasteiger partial charge in [0.25, 0.3) is 12.4 Å². The number of pyridine rings is 2. The molecule has 0 unspecified atom stereocenters. The zero-order chi connectivity index (χ0) is 25.6. The quantitative estimate of drug-likeness (QED) is 0.239. The van der Waals surface area contributed by atoms with Crippen molar-refractivity contribution >= 4 is 23.2 Å². The molecule has 0 saturated carbocycles. The van der Waals surface area contributed by atoms with Gasteiger partial charge in [0.05, 0.1) is 21.2 Å². The molecule has 1 aromatic carbocycles. The van der Waals surface area contributed by atoms with Crippen LogP contribution in [0.5, 0.6) is 0 Å². The Hall–Kier alpha value is -4.02. The summed E-state index contributed by atoms with van der Waals surface area (Å²) in [5, 5.41) is 24.7. The van der Waals surface area contributed by atoms with Gasteiger partial charge in [-0.3, -0.25) is 20.2 Å². The van der Waals surface area contributed by atoms with Crippen LogP contribution >= 0.6 is 23.2 Å². The summed E-state index contributed by atoms with van der Waals surface area (Å²) >= 11 is 11.3. The van der Waals surface area contributed by atoms with Crippen LogP contribution in [0.1, 0.15) is 16.7 Å². The lowest BCUT2D eigenvalue weighted by molar-refractivity contribution is -0.403. The van der Waals surface area contributed by atoms with Gasteiger partial charge in [0.2, 0.25) is 0 Å². The summed E-state index contributed by atoms with van der Waals surface area (Å²) in [4.78, 5) is 27.5. The number of nitrogens with one attached hydrogen (secondary N) is 1. The monoisotopic (exact) mass is 516 g/mol. The van der Waals surface area contributed by atoms with Crippen LogP contribution in [0.25, 0.3) is 0 Å². The smallest absolute Gasteiger partial charge is 0.253 e. The van der Waals surface area contributed by atoms with Crippen molar-refractivity contribution in [3.05, 3.63) is 138 Å². The summed E-state index contributed by atoms with van der Waals surface area (Å²) in [5.41, 5.74) is 8.80. The zero-order valence-corrected chi connectivity index (χ0v) is 19.9. The fraction of sp³-hybridized carbons (Fsp3) is 0.130. The van der Waals surface area contributed by atoms with Gasteiger partial charge in [-0.15, -0.1) is 0 Å². The Labute approximate surface area is 211 Å². The molecular weight excluding hydrogens is 495 g/mol. The lowest BCUT2D eigenvalue weighted by Crippen LogP contribution is -2.16. The van der Waals surface area contributed by atoms with Crippen molar-refractivity contribution in [3.8, 4) is 0 Å². The van der Waals surface area contributed by atoms with Crippen molar-refractivity contribution in [1.29, 1.82) is 0 Å². The highest BCUT2D eigenvalue weighted by molar-refractivity contribution is 6.29. The lowest BCUT2D eigenvalue weighted by atomic mass is 10.1. The normalized spacial score (nSPS) is 11.3. The van der Waals surface area contributed by atoms with E-state index in [1.807, 2.05) is 30.3 Å². The van der Waals surface area contributed by atoms with Crippen LogP contribution in [0.15, 0.2) is 90.8 Å². The average Bonchev–Trinajstić information content (AvgIpc) is 2.81. The number of rotatable bonds is 9. The molecule has 12 heteroatoms. The number of allylic oxidation sites excluding steroid dienone is 2. The van der Waals surface area contributed by atoms with Gasteiger partial charge in [-0.2, -0.15) is 0 Å². The molecule has 0 spiro atoms. The maximum absolute atomic E-state index is 10.7. The Kier molecular flexibility index (Phi) is 11.1. The van der Waals surface area contributed by atoms with E-state index in [-0.39, 0.29) is 5.70 Å². The first-order chi connectivity index (χ1) is 16.7. The number of benzene rings is 1. The number of nitro groups is 2. The zero-order valence-electron chi connectivity index (χ0n) is 18.4. The van der Waals surface area contributed by atoms with Gasteiger partial charge in [-0.05, 0) is 28.8 Å². The van der Waals surface area contributed by atoms with Gasteiger partial charge in [0.1, 0.15) is 10.3 Å². The molecule has 2 heterocycles. The first-order valence-electron chi connectivity index (χ1n) is 10.1. The molecule has 182 valence electrons. The summed E-state index contributed by atoms with van der Waals surface area (Å²) < 4.78 is 0. The van der Waals surface area contributed by atoms with E-state index in [2.05, 4.69) is 15.3 Å². The minimum atomic E-state index is -0.585. The number of halogens is 2. The summed E-state index contributed by atoms with van der Waals surface area (Å²) in [6.45, 7) is 0.529. The van der Waals surface area contributed by atoms with Crippen molar-refractivity contribution in [2.45, 2.75) is 19.4 Å². The van der Waals surface area contributed by atoms with Gasteiger partial charge >= 0.3 is 0 Å². The highest BCUT2D eigenvalue weighted by Gasteiger charge is 2.06. The maximum atomic E-state index is 10.7. The lowest BCUT2D eigenvalue weighted by Gasteiger charge is -2.09. The van der Waals surface area contributed by atoms with E-state index in [1.165, 1.54) is 6.20 Å². The Bertz CT molecular complexity index is 1170. The third-order valence-electron chi connectivity index (χ3n) is 4.27. The van der Waals surface area contributed by atoms with E-state index in [1.54, 1.807) is 30.5 Å². The average molecular weight is 517 g/mol. The molecule has 3 aromatic rings. The summed E-state index contributed by atoms with van der Waals surface area (Å²) in [6.07, 6.45) is 5.60. The van der Waals surface area contributed by atoms with Gasteiger partial charge in [0.15, 0.2) is 0 Å². The third kappa shape index (κ3) is 11.6. The number of nitrogens with zero attached hydrogens (tertiary/aromatic N) is 4. The van der Waals surface area contributed by atoms with Crippen molar-refractivity contribution in [1.82, 2.24) is 15.3 Å². The van der Waals surface area contributed by atoms with Crippen LogP contribution in [0, 0.1) is 20.2 Å². The summed E-state index contributed by atoms with van der Waals surface area (Å²) in [5.74, 6) is 0. The Morgan fingerprint density at radius 2 is 1.37 bits per heavy atom. The molecule has 0 bridgehead atoms. The molecule has 0 fully saturated rings. The largest absolute Gasteiger partial charge is 0.397 e. The molecule has 3 rings (SSSR count). The van der Waals surface area contributed by atoms with E-state index in [4.69, 9.17) is 28.9 Å². The Balaban J connectivity index is 0.000000269. The molecule has 0 atom stereocenters. The van der Waals surface area contributed by atoms with Gasteiger partial charge in [0, 0.05) is 31.8 Å². The predicted molar refractivity (Wildman–Crippen MR) is 134 cm³/mol. The Morgan fingerprint density at radius 3 is 1.86 bits per heavy atom. The van der Waals surface area contributed by atoms with Crippen molar-refractivity contribution in [3.63, 3.8) is 0 Å². The molecule has 0 amide bonds. The second kappa shape index (κ2) is 14.3. The molecule has 0 aliphatic heterocycles. The molecule has 0 radical (unpaired) electrons. The van der Waals surface area contributed by atoms with Crippen LogP contribution < -0.4 is 11.1 Å². The van der Waals surface area contributed by atoms with Crippen LogP contribution in [-0.4, -0.2) is 19.8 Å². The van der Waals surface area contributed by atoms with Crippen LogP contribution in [-0.2, 0) is 19.4 Å². The van der Waals surface area contributed by atoms with Gasteiger partial charge in [-0.1, -0.05) is 65.7 Å². The fourth-order valence-corrected chi connectivity index (χ4v) is 2.97. The van der Waals surface area contributed by atoms with Gasteiger partial charge in [-0.25, -0.2) is 9.97 Å². The number of nitrogens with two attached hydrogens (primary N) is 1. The topological polar surface area (TPSA) is 150 Å². The second-order valence-electron chi connectivity index (χ2n) is 7.10. The van der Waals surface area contributed by atoms with Crippen molar-refractivity contribution in [2.75, 3.05) is 0 Å². The van der Waals surface area contributed by atoms with Crippen LogP contribution in [0.3, 0.4) is 0 Å². The standard InChI is InChI=1S/C15H14ClN3O2.C8H8ClN3O2/c16-15-7-6-13(10-18-15)8-14(11-19(20)21)17-9-12-4-2-1-3-5-12;9-8-2-1-6(4-11-8)3-7(10)5-12(13)14/h1-7,10-11,17H,8-9H2;1-2,4-5H,3,10H2/b14-11-;7-5-. The van der Waals surface area contributed by atoms with Gasteiger partial charge < -0.3 is 11.1 Å². The summed E-state index contributed by atoms with van der Waals surface area (Å²) in [7, 11) is 0. The minimum Gasteiger partial charge on any atom is -0.397 e. The first-order valence-corrected chi connectivity index (χ1v) is 10.9. The van der Waals surface area contributed by atoms with E-state index in [9.17, 15) is 20.2 Å². The fourth-order valence-electron chi connectivity index (χ4n) is 2.75. The van der Waals surface area contributed by atoms with E-state index in [0.29, 0.717) is 35.4 Å². The number of hydrogen-bond acceptors (Lipinski definition) is 8. The Morgan fingerprint density at radius 1 is 0.829 bits per heavy atom. The van der Waals surface area contributed by atoms with Crippen molar-refractivity contribution in [2.24, 2.45) is 5.73 Å². The molecular formula is C23H22Cl2N6O4. The molecule has 2 aromatic heterocycles. The predicted octanol–water partition coefficient (Wildman–Crippen LogP) is 4.54. The molecule has 0 aliphatic rings. The molecule has 0 aliphatic carbocycles. The number of hydrogen-bond donors (Lipinski definition) is 2. The molecule has 0 saturated heterocycles. The van der Waals surface area contributed by atoms with Crippen LogP contribution in [0.2, 0.25) is 10.3 Å². The second-order valence-corrected chi connectivity index (χ2v) is 7.87. The van der Waals surface area contributed by atoms with E-state index < -0.39 is 9.85 Å². The highest BCUT2D eigenvalue weighted by atomic mass is 35.5. The first kappa shape index (κ1) is 27.2. The molecule has 35 heavy (non-hydrogen) atoms. The minimum absolute atomic E-state index is 0.180. The third-order valence-corrected chi connectivity index (χ3v) is 4.72. The van der Waals surface area contributed by atoms with E-state index >= 15 is 0 Å². The summed E-state index contributed by atoms with van der Waals surface area (Å²) in [6, 6.07) is 16.5. The van der Waals surface area contributed by atoms with E-state index in [0.717, 1.165) is 29.1 Å². The molecule has 10 nitrogen and oxygen atoms in total. The highest BCUT2D eigenvalue weighted by Crippen LogP contribution is 2.10. The van der Waals surface area contributed by atoms with Crippen molar-refractivity contribution < 1.29 is 9.85 Å². The van der Waals surface area contributed by atoms with Crippen LogP contribution in [0.4, 0.5) is 0 Å².